The molecule has 110 valence electrons. The van der Waals surface area contributed by atoms with Gasteiger partial charge >= 0.3 is 0 Å². The standard InChI is InChI=1S/C13H21N5OS/c1-10-8-18-13(15-10)20-12(16-18)14-7-11-3-4-17(9-11)5-6-19-2/h8,11H,3-7,9H2,1-2H3,(H,14,16). The van der Waals surface area contributed by atoms with Crippen molar-refractivity contribution in [3.63, 3.8) is 0 Å². The fourth-order valence-electron chi connectivity index (χ4n) is 2.62. The second kappa shape index (κ2) is 6.07. The van der Waals surface area contributed by atoms with Gasteiger partial charge in [0.1, 0.15) is 0 Å². The van der Waals surface area contributed by atoms with Crippen LogP contribution in [0.2, 0.25) is 0 Å². The molecule has 2 aromatic rings. The van der Waals surface area contributed by atoms with Crippen LogP contribution in [0.1, 0.15) is 12.1 Å². The Balaban J connectivity index is 1.48. The highest BCUT2D eigenvalue weighted by molar-refractivity contribution is 7.20. The molecular formula is C13H21N5OS. The Morgan fingerprint density at radius 1 is 1.55 bits per heavy atom. The molecule has 1 N–H and O–H groups in total. The maximum absolute atomic E-state index is 5.13. The summed E-state index contributed by atoms with van der Waals surface area (Å²) in [4.78, 5) is 7.84. The van der Waals surface area contributed by atoms with Crippen molar-refractivity contribution in [1.29, 1.82) is 0 Å². The van der Waals surface area contributed by atoms with Crippen LogP contribution in [0.5, 0.6) is 0 Å². The Hall–Kier alpha value is -1.18. The van der Waals surface area contributed by atoms with Gasteiger partial charge in [0.05, 0.1) is 18.5 Å². The van der Waals surface area contributed by atoms with E-state index in [2.05, 4.69) is 20.3 Å². The topological polar surface area (TPSA) is 54.7 Å². The lowest BCUT2D eigenvalue weighted by Gasteiger charge is -2.15. The molecule has 0 aliphatic carbocycles. The van der Waals surface area contributed by atoms with Gasteiger partial charge < -0.3 is 15.0 Å². The summed E-state index contributed by atoms with van der Waals surface area (Å²) in [6, 6.07) is 0. The van der Waals surface area contributed by atoms with E-state index < -0.39 is 0 Å². The van der Waals surface area contributed by atoms with Crippen molar-refractivity contribution >= 4 is 21.4 Å². The third kappa shape index (κ3) is 3.11. The number of anilines is 1. The highest BCUT2D eigenvalue weighted by Crippen LogP contribution is 2.21. The van der Waals surface area contributed by atoms with Crippen molar-refractivity contribution in [2.75, 3.05) is 45.2 Å². The number of nitrogens with zero attached hydrogens (tertiary/aromatic N) is 4. The summed E-state index contributed by atoms with van der Waals surface area (Å²) in [5.41, 5.74) is 1.01. The number of fused-ring (bicyclic) bond motifs is 1. The van der Waals surface area contributed by atoms with Gasteiger partial charge in [0.15, 0.2) is 0 Å². The predicted molar refractivity (Wildman–Crippen MR) is 80.5 cm³/mol. The number of imidazole rings is 1. The number of aryl methyl sites for hydroxylation is 1. The first kappa shape index (κ1) is 13.8. The lowest BCUT2D eigenvalue weighted by atomic mass is 10.1. The van der Waals surface area contributed by atoms with Gasteiger partial charge in [-0.25, -0.2) is 9.50 Å². The van der Waals surface area contributed by atoms with Crippen LogP contribution < -0.4 is 5.32 Å². The number of hydrogen-bond acceptors (Lipinski definition) is 6. The van der Waals surface area contributed by atoms with Crippen molar-refractivity contribution in [1.82, 2.24) is 19.5 Å². The Labute approximate surface area is 122 Å². The predicted octanol–water partition coefficient (Wildman–Crippen LogP) is 1.48. The van der Waals surface area contributed by atoms with Crippen molar-refractivity contribution in [3.05, 3.63) is 11.9 Å². The first-order valence-electron chi connectivity index (χ1n) is 7.02. The van der Waals surface area contributed by atoms with Crippen molar-refractivity contribution < 1.29 is 4.74 Å². The van der Waals surface area contributed by atoms with E-state index in [-0.39, 0.29) is 0 Å². The van der Waals surface area contributed by atoms with Gasteiger partial charge in [-0.2, -0.15) is 0 Å². The molecule has 0 radical (unpaired) electrons. The third-order valence-electron chi connectivity index (χ3n) is 3.69. The highest BCUT2D eigenvalue weighted by atomic mass is 32.1. The number of rotatable bonds is 6. The van der Waals surface area contributed by atoms with Gasteiger partial charge in [0.25, 0.3) is 0 Å². The molecule has 0 saturated carbocycles. The Morgan fingerprint density at radius 2 is 2.45 bits per heavy atom. The number of hydrogen-bond donors (Lipinski definition) is 1. The van der Waals surface area contributed by atoms with E-state index in [1.165, 1.54) is 13.0 Å². The summed E-state index contributed by atoms with van der Waals surface area (Å²) in [6.07, 6.45) is 3.21. The van der Waals surface area contributed by atoms with Gasteiger partial charge in [-0.05, 0) is 25.8 Å². The smallest absolute Gasteiger partial charge is 0.214 e. The van der Waals surface area contributed by atoms with E-state index in [1.54, 1.807) is 18.4 Å². The summed E-state index contributed by atoms with van der Waals surface area (Å²) in [5.74, 6) is 0.699. The molecule has 1 saturated heterocycles. The summed E-state index contributed by atoms with van der Waals surface area (Å²) < 4.78 is 6.98. The fraction of sp³-hybridized carbons (Fsp3) is 0.692. The average Bonchev–Trinajstić information content (AvgIpc) is 3.08. The summed E-state index contributed by atoms with van der Waals surface area (Å²) >= 11 is 1.61. The van der Waals surface area contributed by atoms with Crippen LogP contribution in [0.4, 0.5) is 5.13 Å². The second-order valence-corrected chi connectivity index (χ2v) is 6.30. The lowest BCUT2D eigenvalue weighted by Crippen LogP contribution is -2.26. The lowest BCUT2D eigenvalue weighted by molar-refractivity contribution is 0.159. The van der Waals surface area contributed by atoms with Gasteiger partial charge in [-0.1, -0.05) is 11.3 Å². The van der Waals surface area contributed by atoms with Crippen LogP contribution in [-0.2, 0) is 4.74 Å². The molecule has 1 unspecified atom stereocenters. The van der Waals surface area contributed by atoms with Crippen LogP contribution in [0.3, 0.4) is 0 Å². The van der Waals surface area contributed by atoms with Crippen molar-refractivity contribution in [2.24, 2.45) is 5.92 Å². The molecule has 1 aliphatic heterocycles. The molecule has 3 rings (SSSR count). The van der Waals surface area contributed by atoms with E-state index in [0.717, 1.165) is 42.0 Å². The van der Waals surface area contributed by atoms with E-state index in [9.17, 15) is 0 Å². The molecule has 1 aliphatic rings. The molecule has 1 fully saturated rings. The number of aromatic nitrogens is 3. The van der Waals surface area contributed by atoms with Gasteiger partial charge in [0, 0.05) is 26.7 Å². The molecular weight excluding hydrogens is 274 g/mol. The van der Waals surface area contributed by atoms with Gasteiger partial charge in [-0.15, -0.1) is 5.10 Å². The number of methoxy groups -OCH3 is 1. The normalized spacial score (nSPS) is 20.0. The Morgan fingerprint density at radius 3 is 3.25 bits per heavy atom. The summed E-state index contributed by atoms with van der Waals surface area (Å²) in [5, 5.41) is 8.90. The molecule has 20 heavy (non-hydrogen) atoms. The first-order valence-corrected chi connectivity index (χ1v) is 7.84. The minimum absolute atomic E-state index is 0.699. The average molecular weight is 295 g/mol. The van der Waals surface area contributed by atoms with Crippen LogP contribution in [0.25, 0.3) is 4.96 Å². The Bertz CT molecular complexity index is 535. The molecule has 0 aromatic carbocycles. The molecule has 7 heteroatoms. The zero-order chi connectivity index (χ0) is 13.9. The zero-order valence-corrected chi connectivity index (χ0v) is 12.8. The molecule has 2 aromatic heterocycles. The number of likely N-dealkylation sites (tertiary alicyclic amines) is 1. The van der Waals surface area contributed by atoms with E-state index in [4.69, 9.17) is 4.74 Å². The molecule has 0 amide bonds. The zero-order valence-electron chi connectivity index (χ0n) is 12.0. The molecule has 3 heterocycles. The monoisotopic (exact) mass is 295 g/mol. The van der Waals surface area contributed by atoms with Crippen LogP contribution in [0.15, 0.2) is 6.20 Å². The maximum atomic E-state index is 5.13. The van der Waals surface area contributed by atoms with Gasteiger partial charge in [-0.3, -0.25) is 0 Å². The van der Waals surface area contributed by atoms with Crippen LogP contribution in [0, 0.1) is 12.8 Å². The molecule has 1 atom stereocenters. The van der Waals surface area contributed by atoms with Crippen LogP contribution >= 0.6 is 11.3 Å². The fourth-order valence-corrected chi connectivity index (χ4v) is 3.45. The maximum Gasteiger partial charge on any atom is 0.214 e. The van der Waals surface area contributed by atoms with E-state index in [1.807, 2.05) is 17.6 Å². The molecule has 0 bridgehead atoms. The third-order valence-corrected chi connectivity index (χ3v) is 4.57. The highest BCUT2D eigenvalue weighted by Gasteiger charge is 2.22. The molecule has 6 nitrogen and oxygen atoms in total. The SMILES string of the molecule is COCCN1CCC(CNc2nn3cc(C)nc3s2)C1. The van der Waals surface area contributed by atoms with Crippen molar-refractivity contribution in [2.45, 2.75) is 13.3 Å². The van der Waals surface area contributed by atoms with Crippen LogP contribution in [-0.4, -0.2) is 59.4 Å². The number of ether oxygens (including phenoxy) is 1. The number of nitrogens with one attached hydrogen (secondary N) is 1. The minimum Gasteiger partial charge on any atom is -0.383 e. The first-order chi connectivity index (χ1) is 9.74. The van der Waals surface area contributed by atoms with E-state index in [0.29, 0.717) is 5.92 Å². The largest absolute Gasteiger partial charge is 0.383 e. The second-order valence-electron chi connectivity index (χ2n) is 5.35. The van der Waals surface area contributed by atoms with E-state index >= 15 is 0 Å². The molecule has 0 spiro atoms. The van der Waals surface area contributed by atoms with Crippen molar-refractivity contribution in [3.8, 4) is 0 Å². The summed E-state index contributed by atoms with van der Waals surface area (Å²) in [6.45, 7) is 7.16. The van der Waals surface area contributed by atoms with Gasteiger partial charge in [0.2, 0.25) is 10.1 Å². The quantitative estimate of drug-likeness (QED) is 0.875. The Kier molecular flexibility index (Phi) is 4.18. The minimum atomic E-state index is 0.699. The summed E-state index contributed by atoms with van der Waals surface area (Å²) in [7, 11) is 1.76.